The topological polar surface area (TPSA) is 61.6 Å². The number of carbonyl (C=O) groups excluding carboxylic acids is 1. The summed E-state index contributed by atoms with van der Waals surface area (Å²) in [5, 5.41) is 2.87. The Kier molecular flexibility index (Phi) is 5.59. The van der Waals surface area contributed by atoms with Crippen LogP contribution in [0.15, 0.2) is 24.3 Å². The highest BCUT2D eigenvalue weighted by Gasteiger charge is 2.20. The molecule has 0 aliphatic carbocycles. The predicted molar refractivity (Wildman–Crippen MR) is 87.3 cm³/mol. The normalized spacial score (nSPS) is 20.4. The van der Waals surface area contributed by atoms with E-state index in [4.69, 9.17) is 5.73 Å². The third-order valence-electron chi connectivity index (χ3n) is 4.16. The van der Waals surface area contributed by atoms with Gasteiger partial charge < -0.3 is 20.9 Å². The molecule has 0 saturated carbocycles. The molecule has 1 heterocycles. The Labute approximate surface area is 127 Å². The first-order chi connectivity index (χ1) is 10.1. The number of amides is 1. The number of likely N-dealkylation sites (N-methyl/N-ethyl adjacent to an activating group) is 1. The van der Waals surface area contributed by atoms with E-state index < -0.39 is 0 Å². The van der Waals surface area contributed by atoms with Gasteiger partial charge in [0, 0.05) is 32.1 Å². The molecule has 1 saturated heterocycles. The highest BCUT2D eigenvalue weighted by atomic mass is 16.1. The maximum atomic E-state index is 11.9. The van der Waals surface area contributed by atoms with Crippen molar-refractivity contribution in [3.05, 3.63) is 24.3 Å². The van der Waals surface area contributed by atoms with Gasteiger partial charge in [0.2, 0.25) is 5.91 Å². The number of nitrogens with one attached hydrogen (secondary N) is 1. The number of carbonyl (C=O) groups is 1. The Bertz CT molecular complexity index is 477. The van der Waals surface area contributed by atoms with Crippen LogP contribution in [0.25, 0.3) is 0 Å². The van der Waals surface area contributed by atoms with Crippen LogP contribution in [-0.2, 0) is 4.79 Å². The molecular weight excluding hydrogens is 264 g/mol. The molecule has 1 aromatic carbocycles. The first kappa shape index (κ1) is 15.8. The largest absolute Gasteiger partial charge is 0.397 e. The lowest BCUT2D eigenvalue weighted by atomic mass is 10.2. The molecule has 1 fully saturated rings. The second-order valence-corrected chi connectivity index (χ2v) is 5.87. The lowest BCUT2D eigenvalue weighted by Gasteiger charge is -2.37. The van der Waals surface area contributed by atoms with E-state index in [1.165, 1.54) is 0 Å². The quantitative estimate of drug-likeness (QED) is 0.809. The van der Waals surface area contributed by atoms with Gasteiger partial charge in [0.25, 0.3) is 0 Å². The molecule has 5 heteroatoms. The van der Waals surface area contributed by atoms with Gasteiger partial charge in [-0.2, -0.15) is 0 Å². The molecule has 3 N–H and O–H groups in total. The van der Waals surface area contributed by atoms with Gasteiger partial charge in [-0.1, -0.05) is 12.1 Å². The van der Waals surface area contributed by atoms with Gasteiger partial charge in [-0.25, -0.2) is 0 Å². The predicted octanol–water partition coefficient (Wildman–Crippen LogP) is 1.62. The number of nitrogens with two attached hydrogens (primary N) is 1. The van der Waals surface area contributed by atoms with Crippen molar-refractivity contribution in [1.82, 2.24) is 9.80 Å². The van der Waals surface area contributed by atoms with Crippen LogP contribution in [0.4, 0.5) is 11.4 Å². The fourth-order valence-corrected chi connectivity index (χ4v) is 2.61. The molecule has 0 spiro atoms. The zero-order valence-electron chi connectivity index (χ0n) is 13.0. The van der Waals surface area contributed by atoms with E-state index >= 15 is 0 Å². The first-order valence-electron chi connectivity index (χ1n) is 7.63. The number of hydrogen-bond acceptors (Lipinski definition) is 4. The molecule has 1 aliphatic heterocycles. The summed E-state index contributed by atoms with van der Waals surface area (Å²) in [5.74, 6) is 0.0371. The van der Waals surface area contributed by atoms with Gasteiger partial charge in [-0.3, -0.25) is 4.79 Å². The summed E-state index contributed by atoms with van der Waals surface area (Å²) in [6, 6.07) is 7.95. The third kappa shape index (κ3) is 4.72. The van der Waals surface area contributed by atoms with E-state index in [0.29, 0.717) is 23.8 Å². The van der Waals surface area contributed by atoms with Gasteiger partial charge in [0.15, 0.2) is 0 Å². The molecule has 1 aromatic rings. The second-order valence-electron chi connectivity index (χ2n) is 5.87. The summed E-state index contributed by atoms with van der Waals surface area (Å²) in [7, 11) is 2.17. The van der Waals surface area contributed by atoms with Gasteiger partial charge >= 0.3 is 0 Å². The van der Waals surface area contributed by atoms with Gasteiger partial charge in [0.05, 0.1) is 11.4 Å². The number of nitrogens with zero attached hydrogens (tertiary/aromatic N) is 2. The molecule has 0 radical (unpaired) electrons. The Balaban J connectivity index is 1.69. The fourth-order valence-electron chi connectivity index (χ4n) is 2.61. The van der Waals surface area contributed by atoms with Crippen LogP contribution >= 0.6 is 0 Å². The number of para-hydroxylation sites is 2. The molecule has 1 atom stereocenters. The fraction of sp³-hybridized carbons (Fsp3) is 0.562. The van der Waals surface area contributed by atoms with Crippen molar-refractivity contribution in [1.29, 1.82) is 0 Å². The van der Waals surface area contributed by atoms with E-state index in [2.05, 4.69) is 29.1 Å². The number of hydrogen-bond donors (Lipinski definition) is 2. The highest BCUT2D eigenvalue weighted by Crippen LogP contribution is 2.17. The zero-order valence-corrected chi connectivity index (χ0v) is 13.0. The Morgan fingerprint density at radius 2 is 2.14 bits per heavy atom. The van der Waals surface area contributed by atoms with Crippen LogP contribution in [0, 0.1) is 0 Å². The van der Waals surface area contributed by atoms with Crippen LogP contribution in [0.2, 0.25) is 0 Å². The number of nitrogen functional groups attached to an aromatic ring is 1. The smallest absolute Gasteiger partial charge is 0.224 e. The molecular formula is C16H26N4O. The van der Waals surface area contributed by atoms with E-state index in [9.17, 15) is 4.79 Å². The molecule has 1 unspecified atom stereocenters. The van der Waals surface area contributed by atoms with Gasteiger partial charge in [0.1, 0.15) is 0 Å². The molecule has 2 rings (SSSR count). The summed E-state index contributed by atoms with van der Waals surface area (Å²) >= 11 is 0. The molecule has 1 amide bonds. The van der Waals surface area contributed by atoms with Gasteiger partial charge in [-0.15, -0.1) is 0 Å². The molecule has 116 valence electrons. The number of piperazine rings is 1. The molecule has 5 nitrogen and oxygen atoms in total. The summed E-state index contributed by atoms with van der Waals surface area (Å²) in [6.07, 6.45) is 1.42. The molecule has 0 bridgehead atoms. The van der Waals surface area contributed by atoms with Gasteiger partial charge in [-0.05, 0) is 39.1 Å². The Hall–Kier alpha value is -1.59. The minimum atomic E-state index is 0.0371. The van der Waals surface area contributed by atoms with Crippen molar-refractivity contribution >= 4 is 17.3 Å². The lowest BCUT2D eigenvalue weighted by molar-refractivity contribution is -0.116. The molecule has 1 aliphatic rings. The van der Waals surface area contributed by atoms with E-state index in [1.807, 2.05) is 18.2 Å². The van der Waals surface area contributed by atoms with Crippen LogP contribution in [0.5, 0.6) is 0 Å². The summed E-state index contributed by atoms with van der Waals surface area (Å²) in [6.45, 7) is 6.51. The third-order valence-corrected chi connectivity index (χ3v) is 4.16. The van der Waals surface area contributed by atoms with E-state index in [0.717, 1.165) is 32.6 Å². The van der Waals surface area contributed by atoms with E-state index in [-0.39, 0.29) is 5.91 Å². The summed E-state index contributed by atoms with van der Waals surface area (Å²) < 4.78 is 0. The van der Waals surface area contributed by atoms with Crippen molar-refractivity contribution in [3.8, 4) is 0 Å². The van der Waals surface area contributed by atoms with Crippen LogP contribution in [-0.4, -0.2) is 55.0 Å². The van der Waals surface area contributed by atoms with Crippen molar-refractivity contribution in [3.63, 3.8) is 0 Å². The zero-order chi connectivity index (χ0) is 15.2. The highest BCUT2D eigenvalue weighted by molar-refractivity contribution is 5.93. The van der Waals surface area contributed by atoms with Crippen molar-refractivity contribution in [2.24, 2.45) is 0 Å². The van der Waals surface area contributed by atoms with Crippen LogP contribution in [0.1, 0.15) is 19.8 Å². The maximum Gasteiger partial charge on any atom is 0.224 e. The standard InChI is InChI=1S/C16H26N4O/c1-13-12-20(11-10-19(13)2)9-5-8-16(21)18-15-7-4-3-6-14(15)17/h3-4,6-7,13H,5,8-12,17H2,1-2H3,(H,18,21). The SMILES string of the molecule is CC1CN(CCCC(=O)Nc2ccccc2N)CCN1C. The second kappa shape index (κ2) is 7.43. The minimum Gasteiger partial charge on any atom is -0.397 e. The molecule has 0 aromatic heterocycles. The van der Waals surface area contributed by atoms with Crippen LogP contribution < -0.4 is 11.1 Å². The number of anilines is 2. The average molecular weight is 290 g/mol. The maximum absolute atomic E-state index is 11.9. The minimum absolute atomic E-state index is 0.0371. The lowest BCUT2D eigenvalue weighted by Crippen LogP contribution is -2.50. The van der Waals surface area contributed by atoms with Crippen LogP contribution in [0.3, 0.4) is 0 Å². The molecule has 21 heavy (non-hydrogen) atoms. The number of benzene rings is 1. The average Bonchev–Trinajstić information content (AvgIpc) is 2.45. The monoisotopic (exact) mass is 290 g/mol. The van der Waals surface area contributed by atoms with Crippen molar-refractivity contribution in [2.45, 2.75) is 25.8 Å². The summed E-state index contributed by atoms with van der Waals surface area (Å²) in [5.41, 5.74) is 7.13. The van der Waals surface area contributed by atoms with Crippen molar-refractivity contribution in [2.75, 3.05) is 44.3 Å². The first-order valence-corrected chi connectivity index (χ1v) is 7.63. The summed E-state index contributed by atoms with van der Waals surface area (Å²) in [4.78, 5) is 16.7. The van der Waals surface area contributed by atoms with Crippen molar-refractivity contribution < 1.29 is 4.79 Å². The number of rotatable bonds is 5. The van der Waals surface area contributed by atoms with E-state index in [1.54, 1.807) is 6.07 Å². The Morgan fingerprint density at radius 1 is 1.38 bits per heavy atom. The Morgan fingerprint density at radius 3 is 2.86 bits per heavy atom.